The number of alkyl halides is 1. The van der Waals surface area contributed by atoms with Crippen LogP contribution in [-0.2, 0) is 27.5 Å². The van der Waals surface area contributed by atoms with Crippen LogP contribution in [0.5, 0.6) is 0 Å². The molecule has 0 aromatic heterocycles. The maximum Gasteiger partial charge on any atom is 0.410 e. The third-order valence-corrected chi connectivity index (χ3v) is 10.4. The van der Waals surface area contributed by atoms with Gasteiger partial charge in [-0.25, -0.2) is 9.59 Å². The van der Waals surface area contributed by atoms with Crippen molar-refractivity contribution in [2.24, 2.45) is 41.4 Å². The molecule has 12 heteroatoms. The largest absolute Gasteiger partial charge is 0.481 e. The van der Waals surface area contributed by atoms with Crippen LogP contribution in [-0.4, -0.2) is 103 Å². The van der Waals surface area contributed by atoms with E-state index in [4.69, 9.17) is 14.6 Å². The molecule has 3 aliphatic carbocycles. The lowest BCUT2D eigenvalue weighted by Gasteiger charge is -2.19. The number of benzene rings is 2. The summed E-state index contributed by atoms with van der Waals surface area (Å²) in [6.45, 7) is 5.80. The molecule has 3 heterocycles. The molecule has 6 fully saturated rings. The Morgan fingerprint density at radius 3 is 1.41 bits per heavy atom. The fraction of sp³-hybridized carbons (Fsp3) is 0.595. The minimum Gasteiger partial charge on any atom is -0.481 e. The molecule has 8 rings (SSSR count). The Kier molecular flexibility index (Phi) is 15.6. The Morgan fingerprint density at radius 2 is 1.06 bits per heavy atom. The molecule has 272 valence electrons. The Labute approximate surface area is 306 Å². The van der Waals surface area contributed by atoms with Gasteiger partial charge in [0.1, 0.15) is 13.2 Å². The molecular weight excluding hydrogens is 737 g/mol. The number of nitrogens with zero attached hydrogens (tertiary/aromatic N) is 2. The van der Waals surface area contributed by atoms with Gasteiger partial charge in [0, 0.05) is 38.3 Å². The van der Waals surface area contributed by atoms with Crippen molar-refractivity contribution in [1.82, 2.24) is 25.8 Å². The van der Waals surface area contributed by atoms with Crippen molar-refractivity contribution in [3.63, 3.8) is 0 Å². The summed E-state index contributed by atoms with van der Waals surface area (Å²) in [6.07, 6.45) is -0.527. The van der Waals surface area contributed by atoms with Gasteiger partial charge in [0.05, 0.1) is 5.92 Å². The second kappa shape index (κ2) is 18.9. The zero-order valence-corrected chi connectivity index (χ0v) is 29.5. The minimum atomic E-state index is -0.743. The molecule has 0 spiro atoms. The van der Waals surface area contributed by atoms with E-state index in [1.54, 1.807) is 4.90 Å². The number of carbonyl (C=O) groups is 3. The van der Waals surface area contributed by atoms with E-state index >= 15 is 0 Å². The van der Waals surface area contributed by atoms with Crippen LogP contribution in [0.15, 0.2) is 60.7 Å². The highest BCUT2D eigenvalue weighted by Crippen LogP contribution is 2.51. The number of fused-ring (bicyclic) bond motifs is 3. The predicted octanol–water partition coefficient (Wildman–Crippen LogP) is 4.81. The first-order valence-electron chi connectivity index (χ1n) is 16.5. The van der Waals surface area contributed by atoms with Crippen LogP contribution in [0.3, 0.4) is 0 Å². The number of carboxylic acid groups (broad SMARTS) is 1. The first kappa shape index (κ1) is 40.5. The monoisotopic (exact) mass is 793 g/mol. The summed E-state index contributed by atoms with van der Waals surface area (Å²) in [5.74, 6) is 2.48. The first-order valence-corrected chi connectivity index (χ1v) is 18.6. The number of hydrogen-bond donors (Lipinski definition) is 4. The van der Waals surface area contributed by atoms with E-state index in [1.807, 2.05) is 77.5 Å². The number of likely N-dealkylation sites (tertiary alicyclic amines) is 2. The van der Waals surface area contributed by atoms with Gasteiger partial charge < -0.3 is 40.3 Å². The number of hydrogen-bond acceptors (Lipinski definition) is 8. The summed E-state index contributed by atoms with van der Waals surface area (Å²) >= 11 is 2.15. The van der Waals surface area contributed by atoms with Gasteiger partial charge >= 0.3 is 18.2 Å². The molecule has 49 heavy (non-hydrogen) atoms. The second-order valence-corrected chi connectivity index (χ2v) is 13.0. The van der Waals surface area contributed by atoms with Crippen LogP contribution in [0.1, 0.15) is 26.0 Å². The highest BCUT2D eigenvalue weighted by atomic mass is 127. The van der Waals surface area contributed by atoms with Gasteiger partial charge in [-0.1, -0.05) is 98.1 Å². The highest BCUT2D eigenvalue weighted by Gasteiger charge is 2.61. The lowest BCUT2D eigenvalue weighted by Crippen LogP contribution is -2.35. The van der Waals surface area contributed by atoms with Crippen LogP contribution >= 0.6 is 22.6 Å². The molecule has 2 amide bonds. The van der Waals surface area contributed by atoms with Crippen LogP contribution in [0.2, 0.25) is 0 Å². The van der Waals surface area contributed by atoms with Crippen molar-refractivity contribution in [3.8, 4) is 0 Å². The number of halogens is 1. The van der Waals surface area contributed by atoms with Crippen LogP contribution < -0.4 is 16.0 Å². The van der Waals surface area contributed by atoms with E-state index in [1.165, 1.54) is 13.1 Å². The number of nitrogens with one attached hydrogen (secondary N) is 3. The van der Waals surface area contributed by atoms with Crippen molar-refractivity contribution < 1.29 is 29.0 Å². The Balaban J connectivity index is 0.000000202. The van der Waals surface area contributed by atoms with Crippen molar-refractivity contribution in [3.05, 3.63) is 71.8 Å². The maximum atomic E-state index is 11.9. The third-order valence-electron chi connectivity index (χ3n) is 10.4. The number of ether oxygens (including phenoxy) is 2. The first-order chi connectivity index (χ1) is 22.9. The van der Waals surface area contributed by atoms with Crippen molar-refractivity contribution in [2.45, 2.75) is 40.2 Å². The normalized spacial score (nSPS) is 29.9. The zero-order valence-electron chi connectivity index (χ0n) is 27.4. The van der Waals surface area contributed by atoms with Crippen molar-refractivity contribution in [2.75, 3.05) is 58.3 Å². The average Bonchev–Trinajstić information content (AvgIpc) is 3.95. The molecule has 6 atom stereocenters. The SMILES string of the molecule is C.C.CI.CNC1C2CN(C(=O)OCc3ccccc3)CC21.CNC1C2CNCC21.O=C(O)C1C2CN(C(=O)OCc3ccccc3)CC21. The summed E-state index contributed by atoms with van der Waals surface area (Å²) < 4.78 is 10.5. The van der Waals surface area contributed by atoms with Gasteiger partial charge in [0.25, 0.3) is 0 Å². The molecule has 6 aliphatic rings. The molecule has 3 saturated heterocycles. The third kappa shape index (κ3) is 10.1. The molecule has 0 bridgehead atoms. The van der Waals surface area contributed by atoms with Gasteiger partial charge in [0.2, 0.25) is 0 Å². The number of rotatable bonds is 7. The van der Waals surface area contributed by atoms with E-state index in [-0.39, 0.29) is 51.4 Å². The van der Waals surface area contributed by atoms with Crippen LogP contribution in [0.4, 0.5) is 9.59 Å². The lowest BCUT2D eigenvalue weighted by atomic mass is 10.2. The van der Waals surface area contributed by atoms with Gasteiger partial charge in [-0.2, -0.15) is 0 Å². The zero-order chi connectivity index (χ0) is 33.5. The summed E-state index contributed by atoms with van der Waals surface area (Å²) in [7, 11) is 4.05. The quantitative estimate of drug-likeness (QED) is 0.231. The van der Waals surface area contributed by atoms with E-state index < -0.39 is 5.97 Å². The smallest absolute Gasteiger partial charge is 0.410 e. The van der Waals surface area contributed by atoms with Gasteiger partial charge in [-0.15, -0.1) is 0 Å². The summed E-state index contributed by atoms with van der Waals surface area (Å²) in [5.41, 5.74) is 1.98. The Bertz CT molecular complexity index is 1300. The minimum absolute atomic E-state index is 0. The van der Waals surface area contributed by atoms with Gasteiger partial charge in [-0.05, 0) is 78.7 Å². The molecule has 3 saturated carbocycles. The molecule has 4 N–H and O–H groups in total. The summed E-state index contributed by atoms with van der Waals surface area (Å²) in [6, 6.07) is 20.7. The average molecular weight is 794 g/mol. The van der Waals surface area contributed by atoms with E-state index in [0.717, 1.165) is 42.1 Å². The predicted molar refractivity (Wildman–Crippen MR) is 200 cm³/mol. The van der Waals surface area contributed by atoms with Crippen LogP contribution in [0.25, 0.3) is 0 Å². The fourth-order valence-electron chi connectivity index (χ4n) is 7.61. The standard InChI is InChI=1S/C14H18N2O2.C14H15NO4.C6H12N2.CH3I.2CH4/c1-15-13-11-7-16(8-12(11)13)14(17)18-9-10-5-3-2-4-6-10;16-13(17)12-10-6-15(7-11(10)12)14(18)19-8-9-4-2-1-3-5-9;1-7-6-4-2-8-3-5(4)6;1-2;;/h2-6,11-13,15H,7-9H2,1H3;1-5,10-12H,6-8H2,(H,16,17);4-8H,2-3H2,1H3;1H3;2*1H4. The number of amides is 2. The fourth-order valence-corrected chi connectivity index (χ4v) is 7.61. The van der Waals surface area contributed by atoms with Crippen molar-refractivity contribution in [1.29, 1.82) is 0 Å². The topological polar surface area (TPSA) is 132 Å². The van der Waals surface area contributed by atoms with Crippen molar-refractivity contribution >= 4 is 40.7 Å². The molecule has 2 aromatic carbocycles. The molecule has 11 nitrogen and oxygen atoms in total. The number of carboxylic acids is 1. The molecule has 2 aromatic rings. The molecule has 3 aliphatic heterocycles. The Morgan fingerprint density at radius 1 is 0.694 bits per heavy atom. The maximum absolute atomic E-state index is 11.9. The Hall–Kier alpha value is -2.94. The van der Waals surface area contributed by atoms with E-state index in [2.05, 4.69) is 45.6 Å². The van der Waals surface area contributed by atoms with Gasteiger partial charge in [0.15, 0.2) is 0 Å². The highest BCUT2D eigenvalue weighted by molar-refractivity contribution is 14.1. The number of piperidine rings is 3. The van der Waals surface area contributed by atoms with E-state index in [0.29, 0.717) is 37.6 Å². The molecule has 6 unspecified atom stereocenters. The summed E-state index contributed by atoms with van der Waals surface area (Å²) in [4.78, 5) is 39.9. The van der Waals surface area contributed by atoms with E-state index in [9.17, 15) is 14.4 Å². The molecule has 0 radical (unpaired) electrons. The summed E-state index contributed by atoms with van der Waals surface area (Å²) in [5, 5.41) is 18.8. The lowest BCUT2D eigenvalue weighted by molar-refractivity contribution is -0.139. The molecular formula is C37H56IN5O6. The van der Waals surface area contributed by atoms with Gasteiger partial charge in [-0.3, -0.25) is 4.79 Å². The number of carbonyl (C=O) groups excluding carboxylic acids is 2. The second-order valence-electron chi connectivity index (χ2n) is 13.0. The number of aliphatic carboxylic acids is 1. The van der Waals surface area contributed by atoms with Crippen LogP contribution in [0, 0.1) is 41.4 Å².